The Kier molecular flexibility index (Phi) is 8.79. The molecule has 0 unspecified atom stereocenters. The predicted octanol–water partition coefficient (Wildman–Crippen LogP) is 2.08. The van der Waals surface area contributed by atoms with Crippen LogP contribution in [0.4, 0.5) is 0 Å². The molecule has 0 fully saturated rings. The SMILES string of the molecule is CCC(=O)CCOCCCO[SiH2]C(C)(C)C. The zero-order chi connectivity index (χ0) is 12.4. The molecule has 0 heterocycles. The van der Waals surface area contributed by atoms with Crippen molar-refractivity contribution < 1.29 is 14.0 Å². The summed E-state index contributed by atoms with van der Waals surface area (Å²) in [5, 5.41) is 0.369. The second-order valence-electron chi connectivity index (χ2n) is 5.22. The van der Waals surface area contributed by atoms with Crippen LogP contribution in [0.2, 0.25) is 5.04 Å². The highest BCUT2D eigenvalue weighted by atomic mass is 28.2. The lowest BCUT2D eigenvalue weighted by atomic mass is 10.2. The van der Waals surface area contributed by atoms with Gasteiger partial charge in [0.15, 0.2) is 9.76 Å². The molecule has 0 N–H and O–H groups in total. The first-order valence-electron chi connectivity index (χ1n) is 6.13. The van der Waals surface area contributed by atoms with Crippen LogP contribution in [0.1, 0.15) is 47.0 Å². The van der Waals surface area contributed by atoms with E-state index < -0.39 is 9.76 Å². The fourth-order valence-corrected chi connectivity index (χ4v) is 2.07. The number of ether oxygens (including phenoxy) is 1. The van der Waals surface area contributed by atoms with Crippen molar-refractivity contribution in [2.24, 2.45) is 0 Å². The van der Waals surface area contributed by atoms with Gasteiger partial charge in [-0.1, -0.05) is 27.7 Å². The molecule has 0 aliphatic carbocycles. The number of hydrogen-bond donors (Lipinski definition) is 0. The Balaban J connectivity index is 3.13. The topological polar surface area (TPSA) is 35.5 Å². The lowest BCUT2D eigenvalue weighted by molar-refractivity contribution is -0.119. The summed E-state index contributed by atoms with van der Waals surface area (Å²) in [7, 11) is -0.416. The van der Waals surface area contributed by atoms with Crippen LogP contribution in [0, 0.1) is 0 Å². The van der Waals surface area contributed by atoms with Crippen molar-refractivity contribution in [2.75, 3.05) is 19.8 Å². The smallest absolute Gasteiger partial charge is 0.166 e. The molecule has 0 bridgehead atoms. The van der Waals surface area contributed by atoms with Crippen molar-refractivity contribution in [1.29, 1.82) is 0 Å². The van der Waals surface area contributed by atoms with Gasteiger partial charge in [0, 0.05) is 26.1 Å². The third-order valence-electron chi connectivity index (χ3n) is 2.03. The van der Waals surface area contributed by atoms with Gasteiger partial charge in [0.2, 0.25) is 0 Å². The van der Waals surface area contributed by atoms with E-state index in [2.05, 4.69) is 20.8 Å². The molecule has 4 heteroatoms. The Bertz CT molecular complexity index is 187. The van der Waals surface area contributed by atoms with Crippen molar-refractivity contribution in [3.05, 3.63) is 0 Å². The normalized spacial score (nSPS) is 12.5. The van der Waals surface area contributed by atoms with Gasteiger partial charge >= 0.3 is 0 Å². The maximum absolute atomic E-state index is 11.0. The Hall–Kier alpha value is -0.193. The summed E-state index contributed by atoms with van der Waals surface area (Å²) in [6.45, 7) is 10.6. The number of carbonyl (C=O) groups excluding carboxylic acids is 1. The third kappa shape index (κ3) is 11.9. The van der Waals surface area contributed by atoms with Crippen LogP contribution in [0.5, 0.6) is 0 Å². The van der Waals surface area contributed by atoms with Gasteiger partial charge in [0.25, 0.3) is 0 Å². The minimum atomic E-state index is -0.416. The molecule has 0 radical (unpaired) electrons. The summed E-state index contributed by atoms with van der Waals surface area (Å²) < 4.78 is 11.0. The monoisotopic (exact) mass is 246 g/mol. The first kappa shape index (κ1) is 15.8. The average molecular weight is 246 g/mol. The summed E-state index contributed by atoms with van der Waals surface area (Å²) >= 11 is 0. The molecule has 0 saturated heterocycles. The van der Waals surface area contributed by atoms with Crippen LogP contribution in [-0.2, 0) is 14.0 Å². The van der Waals surface area contributed by atoms with E-state index in [1.54, 1.807) is 0 Å². The van der Waals surface area contributed by atoms with Crippen molar-refractivity contribution in [3.63, 3.8) is 0 Å². The molecule has 0 aromatic rings. The summed E-state index contributed by atoms with van der Waals surface area (Å²) in [5.41, 5.74) is 0. The number of Topliss-reactive ketones (excluding diaryl/α,β-unsaturated/α-hetero) is 1. The second-order valence-corrected chi connectivity index (χ2v) is 8.04. The van der Waals surface area contributed by atoms with E-state index in [4.69, 9.17) is 9.16 Å². The lowest BCUT2D eigenvalue weighted by Crippen LogP contribution is -2.14. The second kappa shape index (κ2) is 8.90. The van der Waals surface area contributed by atoms with E-state index in [-0.39, 0.29) is 5.78 Å². The average Bonchev–Trinajstić information content (AvgIpc) is 2.20. The van der Waals surface area contributed by atoms with Gasteiger partial charge in [-0.25, -0.2) is 0 Å². The van der Waals surface area contributed by atoms with Crippen LogP contribution in [0.3, 0.4) is 0 Å². The Labute approximate surface area is 102 Å². The van der Waals surface area contributed by atoms with Crippen LogP contribution < -0.4 is 0 Å². The molecular formula is C12H26O3Si. The predicted molar refractivity (Wildman–Crippen MR) is 69.6 cm³/mol. The fraction of sp³-hybridized carbons (Fsp3) is 0.917. The Morgan fingerprint density at radius 1 is 1.19 bits per heavy atom. The van der Waals surface area contributed by atoms with Crippen LogP contribution in [0.25, 0.3) is 0 Å². The molecule has 0 amide bonds. The fourth-order valence-electron chi connectivity index (χ4n) is 1.11. The maximum atomic E-state index is 11.0. The molecule has 16 heavy (non-hydrogen) atoms. The molecule has 0 aliphatic heterocycles. The number of carbonyl (C=O) groups is 1. The number of ketones is 1. The zero-order valence-corrected chi connectivity index (χ0v) is 12.6. The van der Waals surface area contributed by atoms with Crippen molar-refractivity contribution in [2.45, 2.75) is 52.0 Å². The highest BCUT2D eigenvalue weighted by molar-refractivity contribution is 6.31. The molecule has 96 valence electrons. The van der Waals surface area contributed by atoms with E-state index in [0.29, 0.717) is 31.1 Å². The lowest BCUT2D eigenvalue weighted by Gasteiger charge is -2.16. The molecule has 0 aliphatic rings. The molecule has 0 aromatic carbocycles. The van der Waals surface area contributed by atoms with Gasteiger partial charge in [0.1, 0.15) is 5.78 Å². The van der Waals surface area contributed by atoms with E-state index >= 15 is 0 Å². The highest BCUT2D eigenvalue weighted by Crippen LogP contribution is 2.19. The highest BCUT2D eigenvalue weighted by Gasteiger charge is 2.10. The van der Waals surface area contributed by atoms with Crippen LogP contribution in [0.15, 0.2) is 0 Å². The van der Waals surface area contributed by atoms with E-state index in [1.165, 1.54) is 0 Å². The molecule has 0 saturated carbocycles. The van der Waals surface area contributed by atoms with Crippen LogP contribution >= 0.6 is 0 Å². The third-order valence-corrected chi connectivity index (χ3v) is 3.39. The van der Waals surface area contributed by atoms with Gasteiger partial charge in [-0.05, 0) is 11.5 Å². The number of hydrogen-bond acceptors (Lipinski definition) is 3. The Morgan fingerprint density at radius 3 is 2.44 bits per heavy atom. The zero-order valence-electron chi connectivity index (χ0n) is 11.2. The first-order chi connectivity index (χ1) is 7.45. The number of rotatable bonds is 9. The van der Waals surface area contributed by atoms with Gasteiger partial charge in [0.05, 0.1) is 6.61 Å². The van der Waals surface area contributed by atoms with Gasteiger partial charge < -0.3 is 9.16 Å². The summed E-state index contributed by atoms with van der Waals surface area (Å²) in [6.07, 6.45) is 2.10. The van der Waals surface area contributed by atoms with Gasteiger partial charge in [-0.15, -0.1) is 0 Å². The summed E-state index contributed by atoms with van der Waals surface area (Å²) in [6, 6.07) is 0. The molecule has 3 nitrogen and oxygen atoms in total. The quantitative estimate of drug-likeness (QED) is 0.461. The minimum Gasteiger partial charge on any atom is -0.423 e. The van der Waals surface area contributed by atoms with Crippen molar-refractivity contribution in [3.8, 4) is 0 Å². The van der Waals surface area contributed by atoms with E-state index in [1.807, 2.05) is 6.92 Å². The summed E-state index contributed by atoms with van der Waals surface area (Å²) in [5.74, 6) is 0.274. The van der Waals surface area contributed by atoms with E-state index in [9.17, 15) is 4.79 Å². The molecule has 0 atom stereocenters. The largest absolute Gasteiger partial charge is 0.423 e. The first-order valence-corrected chi connectivity index (χ1v) is 7.41. The van der Waals surface area contributed by atoms with Crippen LogP contribution in [-0.4, -0.2) is 35.4 Å². The standard InChI is InChI=1S/C12H26O3Si/c1-5-11(13)7-10-14-8-6-9-15-16-12(2,3)4/h5-10,16H2,1-4H3. The maximum Gasteiger partial charge on any atom is 0.166 e. The molecule has 0 rings (SSSR count). The Morgan fingerprint density at radius 2 is 1.88 bits per heavy atom. The molecular weight excluding hydrogens is 220 g/mol. The van der Waals surface area contributed by atoms with Crippen molar-refractivity contribution in [1.82, 2.24) is 0 Å². The molecule has 0 spiro atoms. The molecule has 0 aromatic heterocycles. The van der Waals surface area contributed by atoms with Gasteiger partial charge in [-0.3, -0.25) is 4.79 Å². The van der Waals surface area contributed by atoms with Gasteiger partial charge in [-0.2, -0.15) is 0 Å². The minimum absolute atomic E-state index is 0.274. The van der Waals surface area contributed by atoms with Crippen molar-refractivity contribution >= 4 is 15.5 Å². The summed E-state index contributed by atoms with van der Waals surface area (Å²) in [4.78, 5) is 11.0. The van der Waals surface area contributed by atoms with E-state index in [0.717, 1.165) is 13.0 Å².